The van der Waals surface area contributed by atoms with E-state index < -0.39 is 14.1 Å². The molecule has 1 aliphatic rings. The first-order valence-corrected chi connectivity index (χ1v) is 4.38. The smallest absolute Gasteiger partial charge is 0.411 e. The molecular weight excluding hydrogens is 174 g/mol. The molecule has 4 nitrogen and oxygen atoms in total. The van der Waals surface area contributed by atoms with Gasteiger partial charge in [0.1, 0.15) is 0 Å². The number of hydrogen-bond acceptors (Lipinski definition) is 3. The Labute approximate surface area is 78.4 Å². The van der Waals surface area contributed by atoms with Crippen LogP contribution in [-0.4, -0.2) is 52.0 Å². The Bertz CT molecular complexity index is 172. The topological polar surface area (TPSA) is 46.9 Å². The third-order valence-corrected chi connectivity index (χ3v) is 2.44. The van der Waals surface area contributed by atoms with E-state index in [0.717, 1.165) is 0 Å². The summed E-state index contributed by atoms with van der Waals surface area (Å²) in [7, 11) is -1.14. The van der Waals surface area contributed by atoms with Crippen LogP contribution < -0.4 is 0 Å². The summed E-state index contributed by atoms with van der Waals surface area (Å²) in [5, 5.41) is 19.0. The Morgan fingerprint density at radius 1 is 1.17 bits per heavy atom. The quantitative estimate of drug-likeness (QED) is 0.432. The molecule has 0 spiro atoms. The van der Waals surface area contributed by atoms with Crippen LogP contribution >= 0.6 is 12.2 Å². The molecule has 1 saturated heterocycles. The largest absolute Gasteiger partial charge is 0.432 e. The zero-order valence-electron chi connectivity index (χ0n) is 7.27. The molecule has 7 heteroatoms. The summed E-state index contributed by atoms with van der Waals surface area (Å²) >= 11 is 5.05. The van der Waals surface area contributed by atoms with Gasteiger partial charge in [0.25, 0.3) is 0 Å². The monoisotopic (exact) mass is 186 g/mol. The van der Waals surface area contributed by atoms with Crippen LogP contribution in [0, 0.1) is 0 Å². The molecule has 0 aliphatic carbocycles. The number of nitrogens with zero attached hydrogens (tertiary/aromatic N) is 2. The molecule has 1 heterocycles. The normalized spacial score (nSPS) is 17.2. The summed E-state index contributed by atoms with van der Waals surface area (Å²) in [6.07, 6.45) is 0. The van der Waals surface area contributed by atoms with Gasteiger partial charge in [0.2, 0.25) is 0 Å². The SMILES string of the molecule is CB(O)N1CCN(B(C)O)C1=S. The van der Waals surface area contributed by atoms with Gasteiger partial charge in [-0.05, 0) is 25.9 Å². The van der Waals surface area contributed by atoms with Gasteiger partial charge in [0.05, 0.1) is 0 Å². The maximum Gasteiger partial charge on any atom is 0.411 e. The lowest BCUT2D eigenvalue weighted by atomic mass is 9.85. The first-order chi connectivity index (χ1) is 5.54. The molecule has 0 aromatic rings. The summed E-state index contributed by atoms with van der Waals surface area (Å²) in [5.41, 5.74) is 0. The molecule has 0 aromatic heterocycles. The van der Waals surface area contributed by atoms with Crippen molar-refractivity contribution in [3.63, 3.8) is 0 Å². The molecular formula is C5H12B2N2O2S. The summed E-state index contributed by atoms with van der Waals surface area (Å²) in [4.78, 5) is 3.37. The van der Waals surface area contributed by atoms with E-state index >= 15 is 0 Å². The highest BCUT2D eigenvalue weighted by Gasteiger charge is 2.33. The summed E-state index contributed by atoms with van der Waals surface area (Å²) in [5.74, 6) is 0. The molecule has 0 amide bonds. The Kier molecular flexibility index (Phi) is 2.98. The molecule has 12 heavy (non-hydrogen) atoms. The average Bonchev–Trinajstić information content (AvgIpc) is 2.30. The van der Waals surface area contributed by atoms with Gasteiger partial charge in [-0.1, -0.05) is 0 Å². The second-order valence-corrected chi connectivity index (χ2v) is 3.30. The molecule has 0 unspecified atom stereocenters. The van der Waals surface area contributed by atoms with Gasteiger partial charge in [-0.15, -0.1) is 0 Å². The van der Waals surface area contributed by atoms with Crippen molar-refractivity contribution in [3.05, 3.63) is 0 Å². The predicted molar refractivity (Wildman–Crippen MR) is 53.7 cm³/mol. The van der Waals surface area contributed by atoms with Crippen molar-refractivity contribution in [2.45, 2.75) is 13.6 Å². The van der Waals surface area contributed by atoms with Gasteiger partial charge in [-0.2, -0.15) is 0 Å². The minimum absolute atomic E-state index is 0.528. The van der Waals surface area contributed by atoms with E-state index in [1.165, 1.54) is 0 Å². The van der Waals surface area contributed by atoms with Crippen molar-refractivity contribution in [1.29, 1.82) is 0 Å². The fourth-order valence-corrected chi connectivity index (χ4v) is 1.75. The third-order valence-electron chi connectivity index (χ3n) is 1.98. The van der Waals surface area contributed by atoms with E-state index in [1.54, 1.807) is 23.3 Å². The van der Waals surface area contributed by atoms with Crippen LogP contribution in [0.25, 0.3) is 0 Å². The molecule has 0 saturated carbocycles. The first-order valence-electron chi connectivity index (χ1n) is 3.97. The van der Waals surface area contributed by atoms with Gasteiger partial charge in [0, 0.05) is 13.1 Å². The van der Waals surface area contributed by atoms with Crippen molar-refractivity contribution >= 4 is 31.4 Å². The fourth-order valence-electron chi connectivity index (χ4n) is 1.27. The molecule has 0 atom stereocenters. The van der Waals surface area contributed by atoms with E-state index in [4.69, 9.17) is 12.2 Å². The highest BCUT2D eigenvalue weighted by atomic mass is 32.1. The molecule has 1 aliphatic heterocycles. The lowest BCUT2D eigenvalue weighted by Gasteiger charge is -2.22. The minimum Gasteiger partial charge on any atom is -0.432 e. The third kappa shape index (κ3) is 1.73. The highest BCUT2D eigenvalue weighted by Crippen LogP contribution is 2.10. The minimum atomic E-state index is -0.568. The Balaban J connectivity index is 2.61. The molecule has 1 rings (SSSR count). The van der Waals surface area contributed by atoms with Crippen LogP contribution in [0.1, 0.15) is 0 Å². The van der Waals surface area contributed by atoms with E-state index in [9.17, 15) is 10.0 Å². The number of thiocarbonyl (C=S) groups is 1. The Hall–Kier alpha value is -0.260. The van der Waals surface area contributed by atoms with Crippen LogP contribution in [-0.2, 0) is 0 Å². The molecule has 0 bridgehead atoms. The van der Waals surface area contributed by atoms with Gasteiger partial charge in [0.15, 0.2) is 5.11 Å². The lowest BCUT2D eigenvalue weighted by Crippen LogP contribution is -2.44. The maximum atomic E-state index is 9.25. The van der Waals surface area contributed by atoms with E-state index in [0.29, 0.717) is 18.2 Å². The second-order valence-electron chi connectivity index (χ2n) is 2.93. The molecule has 66 valence electrons. The average molecular weight is 186 g/mol. The van der Waals surface area contributed by atoms with Crippen molar-refractivity contribution in [3.8, 4) is 0 Å². The first kappa shape index (κ1) is 9.83. The van der Waals surface area contributed by atoms with Crippen LogP contribution in [0.3, 0.4) is 0 Å². The molecule has 0 radical (unpaired) electrons. The van der Waals surface area contributed by atoms with Gasteiger partial charge in [-0.25, -0.2) is 0 Å². The van der Waals surface area contributed by atoms with Gasteiger partial charge >= 0.3 is 14.1 Å². The van der Waals surface area contributed by atoms with Crippen LogP contribution in [0.2, 0.25) is 13.6 Å². The molecule has 0 aromatic carbocycles. The Morgan fingerprint density at radius 2 is 1.50 bits per heavy atom. The number of hydrogen-bond donors (Lipinski definition) is 2. The summed E-state index contributed by atoms with van der Waals surface area (Å²) in [6.45, 7) is 4.69. The maximum absolute atomic E-state index is 9.25. The van der Waals surface area contributed by atoms with Crippen LogP contribution in [0.4, 0.5) is 0 Å². The predicted octanol–water partition coefficient (Wildman–Crippen LogP) is -0.890. The van der Waals surface area contributed by atoms with Crippen molar-refractivity contribution < 1.29 is 10.0 Å². The highest BCUT2D eigenvalue weighted by molar-refractivity contribution is 7.80. The summed E-state index contributed by atoms with van der Waals surface area (Å²) in [6, 6.07) is 0. The van der Waals surface area contributed by atoms with Gasteiger partial charge in [-0.3, -0.25) is 0 Å². The Morgan fingerprint density at radius 3 is 1.67 bits per heavy atom. The van der Waals surface area contributed by atoms with Crippen LogP contribution in [0.5, 0.6) is 0 Å². The zero-order valence-corrected chi connectivity index (χ0v) is 8.08. The van der Waals surface area contributed by atoms with E-state index in [1.807, 2.05) is 0 Å². The zero-order chi connectivity index (χ0) is 9.30. The summed E-state index contributed by atoms with van der Waals surface area (Å²) < 4.78 is 0. The second kappa shape index (κ2) is 3.64. The van der Waals surface area contributed by atoms with Crippen molar-refractivity contribution in [2.24, 2.45) is 0 Å². The van der Waals surface area contributed by atoms with E-state index in [-0.39, 0.29) is 0 Å². The lowest BCUT2D eigenvalue weighted by molar-refractivity contribution is 0.491. The van der Waals surface area contributed by atoms with Crippen molar-refractivity contribution in [2.75, 3.05) is 13.1 Å². The van der Waals surface area contributed by atoms with Gasteiger partial charge < -0.3 is 19.7 Å². The molecule has 2 N–H and O–H groups in total. The standard InChI is InChI=1S/C5H12B2N2O2S/c1-6(10)8-3-4-9(5(8)12)7(2)11/h10-11H,3-4H2,1-2H3. The van der Waals surface area contributed by atoms with Crippen molar-refractivity contribution in [1.82, 2.24) is 9.62 Å². The van der Waals surface area contributed by atoms with E-state index in [2.05, 4.69) is 0 Å². The molecule has 1 fully saturated rings. The number of rotatable bonds is 2. The van der Waals surface area contributed by atoms with Crippen LogP contribution in [0.15, 0.2) is 0 Å². The fraction of sp³-hybridized carbons (Fsp3) is 0.800.